The fourth-order valence-corrected chi connectivity index (χ4v) is 2.37. The largest absolute Gasteiger partial charge is 0.489 e. The lowest BCUT2D eigenvalue weighted by Gasteiger charge is -2.26. The lowest BCUT2D eigenvalue weighted by molar-refractivity contribution is 0.0374. The Labute approximate surface area is 138 Å². The number of nitrogens with zero attached hydrogens (tertiary/aromatic N) is 1. The Kier molecular flexibility index (Phi) is 7.10. The molecule has 1 aromatic carbocycles. The van der Waals surface area contributed by atoms with Gasteiger partial charge < -0.3 is 14.8 Å². The summed E-state index contributed by atoms with van der Waals surface area (Å²) in [6, 6.07) is 7.24. The summed E-state index contributed by atoms with van der Waals surface area (Å²) in [5, 5.41) is 2.96. The Hall–Kier alpha value is -1.85. The van der Waals surface area contributed by atoms with Crippen molar-refractivity contribution in [2.24, 2.45) is 0 Å². The second-order valence-electron chi connectivity index (χ2n) is 5.84. The summed E-state index contributed by atoms with van der Waals surface area (Å²) in [5.74, 6) is 0.627. The normalized spacial score (nSPS) is 15.2. The van der Waals surface area contributed by atoms with Crippen LogP contribution in [0.5, 0.6) is 5.75 Å². The fraction of sp³-hybridized carbons (Fsp3) is 0.500. The number of amides is 1. The van der Waals surface area contributed by atoms with Crippen molar-refractivity contribution in [3.8, 4) is 5.75 Å². The molecule has 1 aliphatic heterocycles. The molecule has 0 atom stereocenters. The van der Waals surface area contributed by atoms with Gasteiger partial charge in [-0.3, -0.25) is 9.69 Å². The van der Waals surface area contributed by atoms with Gasteiger partial charge in [0.05, 0.1) is 13.2 Å². The smallest absolute Gasteiger partial charge is 0.251 e. The van der Waals surface area contributed by atoms with Crippen LogP contribution in [-0.4, -0.2) is 56.8 Å². The van der Waals surface area contributed by atoms with Crippen LogP contribution < -0.4 is 10.1 Å². The summed E-state index contributed by atoms with van der Waals surface area (Å²) >= 11 is 0. The van der Waals surface area contributed by atoms with Gasteiger partial charge in [-0.2, -0.15) is 0 Å². The minimum Gasteiger partial charge on any atom is -0.489 e. The highest BCUT2D eigenvalue weighted by Crippen LogP contribution is 2.14. The van der Waals surface area contributed by atoms with E-state index in [4.69, 9.17) is 9.47 Å². The predicted octanol–water partition coefficient (Wildman–Crippen LogP) is 2.09. The first-order valence-electron chi connectivity index (χ1n) is 8.10. The van der Waals surface area contributed by atoms with E-state index in [1.807, 2.05) is 19.1 Å². The average Bonchev–Trinajstić information content (AvgIpc) is 2.58. The van der Waals surface area contributed by atoms with Crippen molar-refractivity contribution in [3.63, 3.8) is 0 Å². The van der Waals surface area contributed by atoms with E-state index in [9.17, 15) is 4.79 Å². The highest BCUT2D eigenvalue weighted by molar-refractivity contribution is 5.94. The van der Waals surface area contributed by atoms with Crippen LogP contribution in [0.25, 0.3) is 0 Å². The van der Waals surface area contributed by atoms with Gasteiger partial charge in [0, 0.05) is 25.2 Å². The lowest BCUT2D eigenvalue weighted by atomic mass is 10.2. The monoisotopic (exact) mass is 318 g/mol. The van der Waals surface area contributed by atoms with Gasteiger partial charge in [0.25, 0.3) is 5.91 Å². The van der Waals surface area contributed by atoms with E-state index >= 15 is 0 Å². The van der Waals surface area contributed by atoms with Crippen LogP contribution in [0.4, 0.5) is 0 Å². The van der Waals surface area contributed by atoms with Gasteiger partial charge in [-0.25, -0.2) is 0 Å². The molecule has 5 heteroatoms. The van der Waals surface area contributed by atoms with E-state index in [0.29, 0.717) is 24.5 Å². The summed E-state index contributed by atoms with van der Waals surface area (Å²) < 4.78 is 10.9. The van der Waals surface area contributed by atoms with Crippen LogP contribution in [0, 0.1) is 0 Å². The Morgan fingerprint density at radius 1 is 1.39 bits per heavy atom. The molecular formula is C18H26N2O3. The number of carbonyl (C=O) groups is 1. The van der Waals surface area contributed by atoms with Crippen molar-refractivity contribution < 1.29 is 14.3 Å². The van der Waals surface area contributed by atoms with E-state index in [-0.39, 0.29) is 5.91 Å². The number of hydrogen-bond donors (Lipinski definition) is 1. The molecule has 1 N–H and O–H groups in total. The first kappa shape index (κ1) is 17.5. The fourth-order valence-electron chi connectivity index (χ4n) is 2.37. The third kappa shape index (κ3) is 6.42. The van der Waals surface area contributed by atoms with Crippen LogP contribution in [0.1, 0.15) is 23.7 Å². The number of nitrogens with one attached hydrogen (secondary N) is 1. The first-order valence-corrected chi connectivity index (χ1v) is 8.10. The molecule has 1 amide bonds. The second-order valence-corrected chi connectivity index (χ2v) is 5.84. The average molecular weight is 318 g/mol. The maximum atomic E-state index is 12.2. The molecule has 0 bridgehead atoms. The maximum absolute atomic E-state index is 12.2. The summed E-state index contributed by atoms with van der Waals surface area (Å²) in [5.41, 5.74) is 1.57. The van der Waals surface area contributed by atoms with Crippen molar-refractivity contribution in [2.45, 2.75) is 13.3 Å². The molecular weight excluding hydrogens is 292 g/mol. The quantitative estimate of drug-likeness (QED) is 0.589. The standard InChI is InChI=1S/C18H26N2O3/c1-15(2)14-23-17-6-3-5-16(13-17)18(21)19-7-4-8-20-9-11-22-12-10-20/h3,5-6,13H,1,4,7-12,14H2,2H3,(H,19,21). The molecule has 1 aliphatic rings. The molecule has 0 spiro atoms. The van der Waals surface area contributed by atoms with E-state index < -0.39 is 0 Å². The molecule has 5 nitrogen and oxygen atoms in total. The Bertz CT molecular complexity index is 525. The first-order chi connectivity index (χ1) is 11.1. The Morgan fingerprint density at radius 3 is 2.91 bits per heavy atom. The molecule has 0 saturated carbocycles. The molecule has 0 unspecified atom stereocenters. The van der Waals surface area contributed by atoms with Gasteiger partial charge in [-0.15, -0.1) is 0 Å². The van der Waals surface area contributed by atoms with Gasteiger partial charge in [-0.05, 0) is 43.7 Å². The maximum Gasteiger partial charge on any atom is 0.251 e. The predicted molar refractivity (Wildman–Crippen MR) is 91.0 cm³/mol. The minimum atomic E-state index is -0.0623. The number of carbonyl (C=O) groups excluding carboxylic acids is 1. The molecule has 1 heterocycles. The molecule has 1 aromatic rings. The van der Waals surface area contributed by atoms with Crippen LogP contribution in [0.3, 0.4) is 0 Å². The third-order valence-electron chi connectivity index (χ3n) is 3.62. The summed E-state index contributed by atoms with van der Waals surface area (Å²) in [6.45, 7) is 11.4. The van der Waals surface area contributed by atoms with E-state index in [1.54, 1.807) is 12.1 Å². The highest BCUT2D eigenvalue weighted by Gasteiger charge is 2.10. The topological polar surface area (TPSA) is 50.8 Å². The lowest BCUT2D eigenvalue weighted by Crippen LogP contribution is -2.38. The molecule has 2 rings (SSSR count). The minimum absolute atomic E-state index is 0.0623. The van der Waals surface area contributed by atoms with E-state index in [2.05, 4.69) is 16.8 Å². The Balaban J connectivity index is 1.72. The van der Waals surface area contributed by atoms with Gasteiger partial charge in [0.2, 0.25) is 0 Å². The van der Waals surface area contributed by atoms with Crippen LogP contribution >= 0.6 is 0 Å². The molecule has 126 valence electrons. The van der Waals surface area contributed by atoms with Gasteiger partial charge in [-0.1, -0.05) is 12.6 Å². The number of benzene rings is 1. The van der Waals surface area contributed by atoms with Gasteiger partial charge in [0.15, 0.2) is 0 Å². The van der Waals surface area contributed by atoms with Crippen LogP contribution in [0.15, 0.2) is 36.4 Å². The Morgan fingerprint density at radius 2 is 2.17 bits per heavy atom. The number of rotatable bonds is 8. The van der Waals surface area contributed by atoms with Crippen molar-refractivity contribution in [1.29, 1.82) is 0 Å². The number of ether oxygens (including phenoxy) is 2. The molecule has 0 radical (unpaired) electrons. The second kappa shape index (κ2) is 9.33. The third-order valence-corrected chi connectivity index (χ3v) is 3.62. The zero-order chi connectivity index (χ0) is 16.5. The molecule has 0 aliphatic carbocycles. The number of morpholine rings is 1. The van der Waals surface area contributed by atoms with Gasteiger partial charge in [0.1, 0.15) is 12.4 Å². The zero-order valence-corrected chi connectivity index (χ0v) is 13.8. The molecule has 23 heavy (non-hydrogen) atoms. The zero-order valence-electron chi connectivity index (χ0n) is 13.8. The summed E-state index contributed by atoms with van der Waals surface area (Å²) in [4.78, 5) is 14.5. The van der Waals surface area contributed by atoms with Crippen LogP contribution in [0.2, 0.25) is 0 Å². The van der Waals surface area contributed by atoms with Crippen LogP contribution in [-0.2, 0) is 4.74 Å². The van der Waals surface area contributed by atoms with Gasteiger partial charge >= 0.3 is 0 Å². The molecule has 0 aromatic heterocycles. The summed E-state index contributed by atoms with van der Waals surface area (Å²) in [7, 11) is 0. The summed E-state index contributed by atoms with van der Waals surface area (Å²) in [6.07, 6.45) is 0.942. The van der Waals surface area contributed by atoms with E-state index in [0.717, 1.165) is 44.8 Å². The van der Waals surface area contributed by atoms with Crippen molar-refractivity contribution in [2.75, 3.05) is 46.0 Å². The molecule has 1 saturated heterocycles. The van der Waals surface area contributed by atoms with Crippen molar-refractivity contribution >= 4 is 5.91 Å². The van der Waals surface area contributed by atoms with E-state index in [1.165, 1.54) is 0 Å². The SMILES string of the molecule is C=C(C)COc1cccc(C(=O)NCCCN2CCOCC2)c1. The molecule has 1 fully saturated rings. The van der Waals surface area contributed by atoms with Crippen molar-refractivity contribution in [1.82, 2.24) is 10.2 Å². The van der Waals surface area contributed by atoms with Crippen molar-refractivity contribution in [3.05, 3.63) is 42.0 Å². The number of hydrogen-bond acceptors (Lipinski definition) is 4. The highest BCUT2D eigenvalue weighted by atomic mass is 16.5.